The maximum atomic E-state index is 11.1. The highest BCUT2D eigenvalue weighted by Crippen LogP contribution is 2.43. The molecule has 1 fully saturated rings. The van der Waals surface area contributed by atoms with E-state index in [-0.39, 0.29) is 4.90 Å². The van der Waals surface area contributed by atoms with Crippen molar-refractivity contribution in [2.24, 2.45) is 22.9 Å². The molecule has 4 nitrogen and oxygen atoms in total. The van der Waals surface area contributed by atoms with E-state index in [0.717, 1.165) is 24.1 Å². The van der Waals surface area contributed by atoms with Crippen molar-refractivity contribution in [3.05, 3.63) is 36.4 Å². The Morgan fingerprint density at radius 1 is 1.16 bits per heavy atom. The molecule has 1 aromatic carbocycles. The summed E-state index contributed by atoms with van der Waals surface area (Å²) in [5, 5.41) is 8.45. The Labute approximate surface area is 113 Å². The minimum atomic E-state index is -3.59. The van der Waals surface area contributed by atoms with E-state index in [4.69, 9.17) is 5.14 Å². The molecule has 0 aromatic heterocycles. The maximum absolute atomic E-state index is 11.1. The molecule has 0 amide bonds. The average Bonchev–Trinajstić information content (AvgIpc) is 2.98. The number of nitrogens with two attached hydrogens (primary N) is 1. The Hall–Kier alpha value is -1.33. The van der Waals surface area contributed by atoms with Crippen LogP contribution in [0.15, 0.2) is 41.3 Å². The normalized spacial score (nSPS) is 28.8. The molecule has 3 N–H and O–H groups in total. The summed E-state index contributed by atoms with van der Waals surface area (Å²) >= 11 is 0. The van der Waals surface area contributed by atoms with Crippen molar-refractivity contribution < 1.29 is 8.42 Å². The number of benzene rings is 1. The van der Waals surface area contributed by atoms with Crippen LogP contribution in [-0.4, -0.2) is 15.0 Å². The Morgan fingerprint density at radius 3 is 2.42 bits per heavy atom. The van der Waals surface area contributed by atoms with Gasteiger partial charge in [0, 0.05) is 12.2 Å². The minimum Gasteiger partial charge on any atom is -0.385 e. The summed E-state index contributed by atoms with van der Waals surface area (Å²) in [6, 6.07) is 6.61. The summed E-state index contributed by atoms with van der Waals surface area (Å²) in [5.74, 6) is 2.20. The van der Waals surface area contributed by atoms with E-state index >= 15 is 0 Å². The van der Waals surface area contributed by atoms with E-state index in [9.17, 15) is 8.42 Å². The van der Waals surface area contributed by atoms with Crippen LogP contribution < -0.4 is 10.5 Å². The fourth-order valence-corrected chi connectivity index (χ4v) is 3.66. The molecule has 5 heteroatoms. The molecular formula is C14H18N2O2S. The summed E-state index contributed by atoms with van der Waals surface area (Å²) < 4.78 is 22.3. The Balaban J connectivity index is 1.60. The first kappa shape index (κ1) is 12.7. The first-order valence-corrected chi connectivity index (χ1v) is 8.12. The molecule has 102 valence electrons. The molecule has 0 heterocycles. The van der Waals surface area contributed by atoms with E-state index in [0.29, 0.717) is 5.92 Å². The van der Waals surface area contributed by atoms with Crippen LogP contribution in [0.4, 0.5) is 5.69 Å². The number of rotatable bonds is 4. The molecule has 0 spiro atoms. The van der Waals surface area contributed by atoms with Crippen LogP contribution in [0.3, 0.4) is 0 Å². The predicted molar refractivity (Wildman–Crippen MR) is 75.1 cm³/mol. The van der Waals surface area contributed by atoms with Gasteiger partial charge in [0.2, 0.25) is 10.0 Å². The second-order valence-electron chi connectivity index (χ2n) is 5.49. The lowest BCUT2D eigenvalue weighted by Gasteiger charge is -2.19. The van der Waals surface area contributed by atoms with E-state index in [1.54, 1.807) is 24.3 Å². The molecule has 1 saturated carbocycles. The fraction of sp³-hybridized carbons (Fsp3) is 0.429. The van der Waals surface area contributed by atoms with Gasteiger partial charge in [0.15, 0.2) is 0 Å². The third-order valence-electron chi connectivity index (χ3n) is 4.17. The summed E-state index contributed by atoms with van der Waals surface area (Å²) in [7, 11) is -3.59. The van der Waals surface area contributed by atoms with Crippen molar-refractivity contribution in [1.29, 1.82) is 0 Å². The summed E-state index contributed by atoms with van der Waals surface area (Å²) in [6.07, 6.45) is 7.24. The highest BCUT2D eigenvalue weighted by Gasteiger charge is 2.35. The zero-order chi connectivity index (χ0) is 13.5. The van der Waals surface area contributed by atoms with Crippen LogP contribution in [0.5, 0.6) is 0 Å². The van der Waals surface area contributed by atoms with Crippen LogP contribution in [-0.2, 0) is 10.0 Å². The Kier molecular flexibility index (Phi) is 3.11. The summed E-state index contributed by atoms with van der Waals surface area (Å²) in [4.78, 5) is 0.154. The maximum Gasteiger partial charge on any atom is 0.238 e. The highest BCUT2D eigenvalue weighted by molar-refractivity contribution is 7.89. The SMILES string of the molecule is NS(=O)(=O)c1ccc(NCC2CC3C=CC2C3)cc1. The van der Waals surface area contributed by atoms with Crippen LogP contribution in [0, 0.1) is 17.8 Å². The van der Waals surface area contributed by atoms with Crippen molar-refractivity contribution in [2.45, 2.75) is 17.7 Å². The Morgan fingerprint density at radius 2 is 1.89 bits per heavy atom. The molecule has 3 atom stereocenters. The van der Waals surface area contributed by atoms with Gasteiger partial charge in [0.05, 0.1) is 4.90 Å². The van der Waals surface area contributed by atoms with Gasteiger partial charge in [-0.3, -0.25) is 0 Å². The molecule has 0 radical (unpaired) electrons. The lowest BCUT2D eigenvalue weighted by atomic mass is 9.93. The van der Waals surface area contributed by atoms with Gasteiger partial charge in [-0.25, -0.2) is 13.6 Å². The van der Waals surface area contributed by atoms with Gasteiger partial charge in [-0.05, 0) is 54.9 Å². The second kappa shape index (κ2) is 4.65. The van der Waals surface area contributed by atoms with Crippen molar-refractivity contribution in [1.82, 2.24) is 0 Å². The first-order valence-electron chi connectivity index (χ1n) is 6.57. The van der Waals surface area contributed by atoms with Gasteiger partial charge < -0.3 is 5.32 Å². The first-order chi connectivity index (χ1) is 9.02. The molecule has 19 heavy (non-hydrogen) atoms. The molecule has 2 bridgehead atoms. The zero-order valence-corrected chi connectivity index (χ0v) is 11.4. The number of anilines is 1. The van der Waals surface area contributed by atoms with Gasteiger partial charge in [-0.1, -0.05) is 12.2 Å². The number of nitrogens with one attached hydrogen (secondary N) is 1. The van der Waals surface area contributed by atoms with Crippen LogP contribution >= 0.6 is 0 Å². The number of allylic oxidation sites excluding steroid dienone is 2. The number of hydrogen-bond acceptors (Lipinski definition) is 3. The molecule has 0 saturated heterocycles. The van der Waals surface area contributed by atoms with Gasteiger partial charge >= 0.3 is 0 Å². The Bertz CT molecular complexity index is 592. The zero-order valence-electron chi connectivity index (χ0n) is 10.6. The number of primary sulfonamides is 1. The van der Waals surface area contributed by atoms with Gasteiger partial charge in [0.1, 0.15) is 0 Å². The van der Waals surface area contributed by atoms with Crippen molar-refractivity contribution in [3.63, 3.8) is 0 Å². The van der Waals surface area contributed by atoms with Crippen LogP contribution in [0.25, 0.3) is 0 Å². The van der Waals surface area contributed by atoms with E-state index in [2.05, 4.69) is 17.5 Å². The lowest BCUT2D eigenvalue weighted by Crippen LogP contribution is -2.18. The van der Waals surface area contributed by atoms with Crippen molar-refractivity contribution in [3.8, 4) is 0 Å². The van der Waals surface area contributed by atoms with Gasteiger partial charge in [-0.2, -0.15) is 0 Å². The molecule has 2 aliphatic carbocycles. The van der Waals surface area contributed by atoms with Gasteiger partial charge in [-0.15, -0.1) is 0 Å². The minimum absolute atomic E-state index is 0.154. The summed E-state index contributed by atoms with van der Waals surface area (Å²) in [5.41, 5.74) is 0.944. The smallest absolute Gasteiger partial charge is 0.238 e. The largest absolute Gasteiger partial charge is 0.385 e. The van der Waals surface area contributed by atoms with Crippen LogP contribution in [0.2, 0.25) is 0 Å². The highest BCUT2D eigenvalue weighted by atomic mass is 32.2. The lowest BCUT2D eigenvalue weighted by molar-refractivity contribution is 0.472. The molecule has 3 unspecified atom stereocenters. The molecule has 0 aliphatic heterocycles. The average molecular weight is 278 g/mol. The monoisotopic (exact) mass is 278 g/mol. The van der Waals surface area contributed by atoms with E-state index < -0.39 is 10.0 Å². The third-order valence-corrected chi connectivity index (χ3v) is 5.10. The van der Waals surface area contributed by atoms with Crippen molar-refractivity contribution in [2.75, 3.05) is 11.9 Å². The summed E-state index contributed by atoms with van der Waals surface area (Å²) in [6.45, 7) is 0.945. The second-order valence-corrected chi connectivity index (χ2v) is 7.05. The number of sulfonamides is 1. The predicted octanol–water partition coefficient (Wildman–Crippen LogP) is 1.96. The van der Waals surface area contributed by atoms with Crippen molar-refractivity contribution >= 4 is 15.7 Å². The topological polar surface area (TPSA) is 72.2 Å². The number of hydrogen-bond donors (Lipinski definition) is 2. The van der Waals surface area contributed by atoms with E-state index in [1.165, 1.54) is 12.8 Å². The fourth-order valence-electron chi connectivity index (χ4n) is 3.14. The standard InChI is InChI=1S/C14H18N2O2S/c15-19(17,18)14-5-3-13(4-6-14)16-9-12-8-10-1-2-11(12)7-10/h1-6,10-12,16H,7-9H2,(H2,15,17,18). The molecule has 2 aliphatic rings. The molecular weight excluding hydrogens is 260 g/mol. The van der Waals surface area contributed by atoms with Crippen LogP contribution in [0.1, 0.15) is 12.8 Å². The van der Waals surface area contributed by atoms with Gasteiger partial charge in [0.25, 0.3) is 0 Å². The quantitative estimate of drug-likeness (QED) is 0.827. The van der Waals surface area contributed by atoms with E-state index in [1.807, 2.05) is 0 Å². The third kappa shape index (κ3) is 2.67. The molecule has 1 aromatic rings. The molecule has 3 rings (SSSR count). The number of fused-ring (bicyclic) bond motifs is 2.